The second-order valence-corrected chi connectivity index (χ2v) is 8.67. The maximum atomic E-state index is 12.6. The highest BCUT2D eigenvalue weighted by atomic mass is 32.2. The number of carbonyl (C=O) groups excluding carboxylic acids is 1. The number of aryl methyl sites for hydroxylation is 2. The first-order valence-electron chi connectivity index (χ1n) is 9.10. The highest BCUT2D eigenvalue weighted by Crippen LogP contribution is 2.24. The lowest BCUT2D eigenvalue weighted by atomic mass is 10.2. The van der Waals surface area contributed by atoms with Gasteiger partial charge in [-0.25, -0.2) is 4.98 Å². The Hall–Kier alpha value is -2.31. The third-order valence-electron chi connectivity index (χ3n) is 4.19. The average molecular weight is 413 g/mol. The number of thioether (sulfide) groups is 1. The van der Waals surface area contributed by atoms with E-state index in [-0.39, 0.29) is 5.91 Å². The van der Waals surface area contributed by atoms with E-state index >= 15 is 0 Å². The zero-order valence-corrected chi connectivity index (χ0v) is 18.0. The molecule has 0 saturated carbocycles. The van der Waals surface area contributed by atoms with Gasteiger partial charge in [0.25, 0.3) is 5.91 Å². The summed E-state index contributed by atoms with van der Waals surface area (Å²) in [6, 6.07) is 15.7. The molecule has 1 amide bonds. The normalized spacial score (nSPS) is 10.7. The SMILES string of the molecule is Cc1cccc(OCCN(C)C(=O)c2ccc(SCc3csc(C)n3)cc2)c1. The van der Waals surface area contributed by atoms with Gasteiger partial charge >= 0.3 is 0 Å². The number of hydrogen-bond donors (Lipinski definition) is 0. The topological polar surface area (TPSA) is 42.4 Å². The summed E-state index contributed by atoms with van der Waals surface area (Å²) in [5.74, 6) is 1.67. The van der Waals surface area contributed by atoms with E-state index in [0.29, 0.717) is 18.7 Å². The van der Waals surface area contributed by atoms with Gasteiger partial charge in [-0.05, 0) is 55.8 Å². The number of amides is 1. The van der Waals surface area contributed by atoms with Crippen LogP contribution in [0.3, 0.4) is 0 Å². The fourth-order valence-corrected chi connectivity index (χ4v) is 4.16. The number of likely N-dealkylation sites (N-methyl/N-ethyl adjacent to an activating group) is 1. The lowest BCUT2D eigenvalue weighted by Gasteiger charge is -2.18. The Kier molecular flexibility index (Phi) is 7.12. The predicted molar refractivity (Wildman–Crippen MR) is 116 cm³/mol. The van der Waals surface area contributed by atoms with Crippen molar-refractivity contribution in [3.8, 4) is 5.75 Å². The highest BCUT2D eigenvalue weighted by molar-refractivity contribution is 7.98. The molecule has 4 nitrogen and oxygen atoms in total. The van der Waals surface area contributed by atoms with Crippen molar-refractivity contribution in [3.63, 3.8) is 0 Å². The molecule has 146 valence electrons. The maximum absolute atomic E-state index is 12.6. The Morgan fingerprint density at radius 2 is 1.96 bits per heavy atom. The Labute approximate surface area is 174 Å². The van der Waals surface area contributed by atoms with Crippen molar-refractivity contribution in [1.29, 1.82) is 0 Å². The molecule has 0 aliphatic rings. The Balaban J connectivity index is 1.47. The molecule has 0 fully saturated rings. The quantitative estimate of drug-likeness (QED) is 0.477. The van der Waals surface area contributed by atoms with Gasteiger partial charge in [-0.15, -0.1) is 23.1 Å². The average Bonchev–Trinajstić information content (AvgIpc) is 3.11. The summed E-state index contributed by atoms with van der Waals surface area (Å²) in [6.07, 6.45) is 0. The van der Waals surface area contributed by atoms with Crippen LogP contribution in [-0.2, 0) is 5.75 Å². The molecule has 0 N–H and O–H groups in total. The van der Waals surface area contributed by atoms with Crippen LogP contribution >= 0.6 is 23.1 Å². The molecule has 0 radical (unpaired) electrons. The zero-order valence-electron chi connectivity index (χ0n) is 16.3. The number of benzene rings is 2. The first kappa shape index (κ1) is 20.4. The molecule has 0 bridgehead atoms. The minimum atomic E-state index is -0.000446. The lowest BCUT2D eigenvalue weighted by Crippen LogP contribution is -2.30. The molecule has 0 unspecified atom stereocenters. The number of nitrogens with zero attached hydrogens (tertiary/aromatic N) is 2. The summed E-state index contributed by atoms with van der Waals surface area (Å²) in [7, 11) is 1.80. The number of carbonyl (C=O) groups is 1. The Bertz CT molecular complexity index is 922. The van der Waals surface area contributed by atoms with Crippen LogP contribution in [0.2, 0.25) is 0 Å². The van der Waals surface area contributed by atoms with E-state index in [1.54, 1.807) is 35.0 Å². The summed E-state index contributed by atoms with van der Waals surface area (Å²) in [4.78, 5) is 19.9. The molecule has 3 aromatic rings. The molecule has 0 atom stereocenters. The minimum Gasteiger partial charge on any atom is -0.492 e. The van der Waals surface area contributed by atoms with Crippen LogP contribution in [0.1, 0.15) is 26.6 Å². The third kappa shape index (κ3) is 5.84. The summed E-state index contributed by atoms with van der Waals surface area (Å²) in [6.45, 7) is 5.04. The van der Waals surface area contributed by atoms with Crippen LogP contribution in [0.25, 0.3) is 0 Å². The molecular weight excluding hydrogens is 388 g/mol. The summed E-state index contributed by atoms with van der Waals surface area (Å²) in [5, 5.41) is 3.18. The summed E-state index contributed by atoms with van der Waals surface area (Å²) in [5.41, 5.74) is 2.94. The van der Waals surface area contributed by atoms with E-state index in [9.17, 15) is 4.79 Å². The molecule has 6 heteroatoms. The zero-order chi connectivity index (χ0) is 19.9. The van der Waals surface area contributed by atoms with Crippen LogP contribution in [0, 0.1) is 13.8 Å². The van der Waals surface area contributed by atoms with Crippen LogP contribution in [-0.4, -0.2) is 36.0 Å². The smallest absolute Gasteiger partial charge is 0.253 e. The first-order chi connectivity index (χ1) is 13.5. The van der Waals surface area contributed by atoms with Crippen molar-refractivity contribution >= 4 is 29.0 Å². The molecule has 28 heavy (non-hydrogen) atoms. The molecule has 1 aromatic heterocycles. The van der Waals surface area contributed by atoms with Gasteiger partial charge in [0.15, 0.2) is 0 Å². The molecule has 0 saturated heterocycles. The third-order valence-corrected chi connectivity index (χ3v) is 6.05. The second kappa shape index (κ2) is 9.75. The molecule has 1 heterocycles. The second-order valence-electron chi connectivity index (χ2n) is 6.56. The van der Waals surface area contributed by atoms with Crippen molar-refractivity contribution in [2.24, 2.45) is 0 Å². The number of thiazole rings is 1. The predicted octanol–water partition coefficient (Wildman–Crippen LogP) is 5.20. The maximum Gasteiger partial charge on any atom is 0.253 e. The van der Waals surface area contributed by atoms with E-state index < -0.39 is 0 Å². The standard InChI is InChI=1S/C22H24N2O2S2/c1-16-5-4-6-20(13-16)26-12-11-24(3)22(25)18-7-9-21(10-8-18)28-15-19-14-27-17(2)23-19/h4-10,13-14H,11-12,15H2,1-3H3. The van der Waals surface area contributed by atoms with Crippen molar-refractivity contribution in [1.82, 2.24) is 9.88 Å². The van der Waals surface area contributed by atoms with Crippen LogP contribution < -0.4 is 4.74 Å². The van der Waals surface area contributed by atoms with E-state index in [2.05, 4.69) is 10.4 Å². The van der Waals surface area contributed by atoms with Gasteiger partial charge in [-0.2, -0.15) is 0 Å². The molecule has 0 aliphatic carbocycles. The van der Waals surface area contributed by atoms with E-state index in [4.69, 9.17) is 4.74 Å². The van der Waals surface area contributed by atoms with Crippen LogP contribution in [0.5, 0.6) is 5.75 Å². The van der Waals surface area contributed by atoms with Crippen LogP contribution in [0.15, 0.2) is 58.8 Å². The van der Waals surface area contributed by atoms with E-state index in [0.717, 1.165) is 32.7 Å². The van der Waals surface area contributed by atoms with Gasteiger partial charge in [0.2, 0.25) is 0 Å². The van der Waals surface area contributed by atoms with Crippen molar-refractivity contribution in [3.05, 3.63) is 75.7 Å². The molecule has 0 spiro atoms. The molecule has 0 aliphatic heterocycles. The van der Waals surface area contributed by atoms with Crippen molar-refractivity contribution in [2.45, 2.75) is 24.5 Å². The molecular formula is C22H24N2O2S2. The van der Waals surface area contributed by atoms with Crippen LogP contribution in [0.4, 0.5) is 0 Å². The number of aromatic nitrogens is 1. The van der Waals surface area contributed by atoms with Gasteiger partial charge in [0, 0.05) is 28.6 Å². The number of hydrogen-bond acceptors (Lipinski definition) is 5. The summed E-state index contributed by atoms with van der Waals surface area (Å²) < 4.78 is 5.74. The monoisotopic (exact) mass is 412 g/mol. The van der Waals surface area contributed by atoms with Gasteiger partial charge in [-0.3, -0.25) is 4.79 Å². The molecule has 2 aromatic carbocycles. The van der Waals surface area contributed by atoms with Gasteiger partial charge < -0.3 is 9.64 Å². The largest absolute Gasteiger partial charge is 0.492 e. The fraction of sp³-hybridized carbons (Fsp3) is 0.273. The minimum absolute atomic E-state index is 0.000446. The lowest BCUT2D eigenvalue weighted by molar-refractivity contribution is 0.0773. The number of rotatable bonds is 8. The van der Waals surface area contributed by atoms with Gasteiger partial charge in [-0.1, -0.05) is 12.1 Å². The highest BCUT2D eigenvalue weighted by Gasteiger charge is 2.12. The number of ether oxygens (including phenoxy) is 1. The Morgan fingerprint density at radius 3 is 2.64 bits per heavy atom. The Morgan fingerprint density at radius 1 is 1.18 bits per heavy atom. The van der Waals surface area contributed by atoms with E-state index in [1.165, 1.54) is 0 Å². The molecule has 3 rings (SSSR count). The van der Waals surface area contributed by atoms with Gasteiger partial charge in [0.05, 0.1) is 17.2 Å². The summed E-state index contributed by atoms with van der Waals surface area (Å²) >= 11 is 3.40. The van der Waals surface area contributed by atoms with E-state index in [1.807, 2.05) is 62.4 Å². The van der Waals surface area contributed by atoms with Crippen molar-refractivity contribution in [2.75, 3.05) is 20.2 Å². The first-order valence-corrected chi connectivity index (χ1v) is 11.0. The van der Waals surface area contributed by atoms with Crippen molar-refractivity contribution < 1.29 is 9.53 Å². The fourth-order valence-electron chi connectivity index (χ4n) is 2.65. The van der Waals surface area contributed by atoms with Gasteiger partial charge in [0.1, 0.15) is 12.4 Å².